The largest absolute Gasteiger partial charge is 0.356 e. The van der Waals surface area contributed by atoms with Crippen molar-refractivity contribution in [2.75, 3.05) is 5.32 Å². The van der Waals surface area contributed by atoms with Crippen LogP contribution in [0.2, 0.25) is 0 Å². The second kappa shape index (κ2) is 6.58. The molecule has 4 aromatic rings. The molecule has 3 aliphatic rings. The van der Waals surface area contributed by atoms with E-state index in [1.54, 1.807) is 0 Å². The van der Waals surface area contributed by atoms with Gasteiger partial charge in [0.05, 0.1) is 5.41 Å². The molecule has 2 unspecified atom stereocenters. The van der Waals surface area contributed by atoms with Gasteiger partial charge in [0.1, 0.15) is 0 Å². The summed E-state index contributed by atoms with van der Waals surface area (Å²) in [5.74, 6) is 0.763. The predicted molar refractivity (Wildman–Crippen MR) is 132 cm³/mol. The first-order chi connectivity index (χ1) is 15.9. The van der Waals surface area contributed by atoms with Gasteiger partial charge in [0.2, 0.25) is 0 Å². The second-order valence-corrected chi connectivity index (χ2v) is 9.01. The minimum absolute atomic E-state index is 0.164. The lowest BCUT2D eigenvalue weighted by atomic mass is 9.65. The number of para-hydroxylation sites is 1. The molecule has 152 valence electrons. The maximum atomic E-state index is 3.63. The van der Waals surface area contributed by atoms with E-state index in [9.17, 15) is 0 Å². The molecule has 1 spiro atoms. The van der Waals surface area contributed by atoms with Gasteiger partial charge in [0.15, 0.2) is 0 Å². The average molecular weight is 410 g/mol. The highest BCUT2D eigenvalue weighted by Crippen LogP contribution is 2.65. The van der Waals surface area contributed by atoms with E-state index in [0.29, 0.717) is 11.8 Å². The summed E-state index contributed by atoms with van der Waals surface area (Å²) in [4.78, 5) is 0. The highest BCUT2D eigenvalue weighted by molar-refractivity contribution is 5.86. The summed E-state index contributed by atoms with van der Waals surface area (Å²) in [7, 11) is 0. The zero-order valence-corrected chi connectivity index (χ0v) is 17.7. The third-order valence-electron chi connectivity index (χ3n) is 7.53. The monoisotopic (exact) mass is 409 g/mol. The van der Waals surface area contributed by atoms with Gasteiger partial charge in [-0.25, -0.2) is 0 Å². The number of benzene rings is 4. The van der Waals surface area contributed by atoms with Crippen molar-refractivity contribution in [1.29, 1.82) is 0 Å². The van der Waals surface area contributed by atoms with Crippen LogP contribution in [0.15, 0.2) is 121 Å². The van der Waals surface area contributed by atoms with Crippen molar-refractivity contribution < 1.29 is 0 Å². The van der Waals surface area contributed by atoms with Crippen molar-refractivity contribution in [2.45, 2.75) is 11.3 Å². The zero-order valence-electron chi connectivity index (χ0n) is 17.7. The van der Waals surface area contributed by atoms with Crippen LogP contribution < -0.4 is 5.32 Å². The van der Waals surface area contributed by atoms with Crippen LogP contribution >= 0.6 is 0 Å². The molecule has 0 radical (unpaired) electrons. The van der Waals surface area contributed by atoms with Gasteiger partial charge >= 0.3 is 0 Å². The molecule has 7 rings (SSSR count). The van der Waals surface area contributed by atoms with Crippen LogP contribution in [0.4, 0.5) is 11.4 Å². The van der Waals surface area contributed by atoms with Gasteiger partial charge in [0.25, 0.3) is 0 Å². The highest BCUT2D eigenvalue weighted by atomic mass is 14.9. The first-order valence-electron chi connectivity index (χ1n) is 11.4. The van der Waals surface area contributed by atoms with E-state index < -0.39 is 0 Å². The molecule has 1 N–H and O–H groups in total. The molecule has 32 heavy (non-hydrogen) atoms. The van der Waals surface area contributed by atoms with Crippen molar-refractivity contribution >= 4 is 11.4 Å². The summed E-state index contributed by atoms with van der Waals surface area (Å²) in [5, 5.41) is 3.63. The van der Waals surface area contributed by atoms with Gasteiger partial charge in [-0.05, 0) is 57.6 Å². The van der Waals surface area contributed by atoms with Crippen molar-refractivity contribution in [3.8, 4) is 11.1 Å². The summed E-state index contributed by atoms with van der Waals surface area (Å²) in [6, 6.07) is 35.5. The minimum atomic E-state index is -0.164. The van der Waals surface area contributed by atoms with Crippen LogP contribution in [-0.2, 0) is 5.41 Å². The molecule has 0 bridgehead atoms. The number of hydrogen-bond acceptors (Lipinski definition) is 1. The Bertz CT molecular complexity index is 1360. The molecule has 1 nitrogen and oxygen atoms in total. The molecule has 2 atom stereocenters. The molecular formula is C31H23N. The van der Waals surface area contributed by atoms with Crippen LogP contribution in [0.1, 0.15) is 28.2 Å². The molecule has 1 heteroatoms. The normalized spacial score (nSPS) is 20.5. The van der Waals surface area contributed by atoms with Crippen molar-refractivity contribution in [3.05, 3.63) is 144 Å². The SMILES string of the molecule is C1=CC2c3ccc(Nc4ccccc4)cc3C3(c4ccccc4-c4ccccc43)C2C=C1. The number of hydrogen-bond donors (Lipinski definition) is 1. The Morgan fingerprint density at radius 2 is 1.22 bits per heavy atom. The summed E-state index contributed by atoms with van der Waals surface area (Å²) >= 11 is 0. The average Bonchev–Trinajstić information content (AvgIpc) is 3.32. The summed E-state index contributed by atoms with van der Waals surface area (Å²) < 4.78 is 0. The number of allylic oxidation sites excluding steroid dienone is 4. The predicted octanol–water partition coefficient (Wildman–Crippen LogP) is 7.58. The molecule has 0 aliphatic heterocycles. The molecule has 0 saturated heterocycles. The third-order valence-corrected chi connectivity index (χ3v) is 7.53. The van der Waals surface area contributed by atoms with E-state index in [1.807, 2.05) is 0 Å². The molecule has 0 heterocycles. The summed E-state index contributed by atoms with van der Waals surface area (Å²) in [5.41, 5.74) is 10.6. The van der Waals surface area contributed by atoms with Crippen LogP contribution in [0.5, 0.6) is 0 Å². The zero-order chi connectivity index (χ0) is 21.1. The lowest BCUT2D eigenvalue weighted by Gasteiger charge is -2.36. The Balaban J connectivity index is 1.52. The van der Waals surface area contributed by atoms with Gasteiger partial charge in [-0.2, -0.15) is 0 Å². The molecule has 0 fully saturated rings. The molecule has 0 amide bonds. The molecule has 0 aromatic heterocycles. The van der Waals surface area contributed by atoms with Gasteiger partial charge in [-0.1, -0.05) is 97.1 Å². The standard InChI is InChI=1S/C31H23N/c1-2-10-21(11-3-1)32-22-18-19-26-25-14-6-9-17-29(25)31(30(26)20-22)27-15-7-4-12-23(27)24-13-5-8-16-28(24)31/h1-20,25,29,32H. The number of anilines is 2. The number of rotatable bonds is 2. The smallest absolute Gasteiger partial charge is 0.0538 e. The van der Waals surface area contributed by atoms with Crippen LogP contribution in [0.3, 0.4) is 0 Å². The Hall–Kier alpha value is -3.84. The fourth-order valence-electron chi connectivity index (χ4n) is 6.37. The first kappa shape index (κ1) is 17.8. The maximum absolute atomic E-state index is 3.63. The van der Waals surface area contributed by atoms with Crippen LogP contribution in [0, 0.1) is 5.92 Å². The van der Waals surface area contributed by atoms with Crippen LogP contribution in [-0.4, -0.2) is 0 Å². The molecular weight excluding hydrogens is 386 g/mol. The maximum Gasteiger partial charge on any atom is 0.0538 e. The molecule has 3 aliphatic carbocycles. The van der Waals surface area contributed by atoms with E-state index in [1.165, 1.54) is 33.4 Å². The first-order valence-corrected chi connectivity index (χ1v) is 11.4. The van der Waals surface area contributed by atoms with Crippen molar-refractivity contribution in [2.24, 2.45) is 5.92 Å². The Kier molecular flexibility index (Phi) is 3.66. The van der Waals surface area contributed by atoms with Crippen molar-refractivity contribution in [3.63, 3.8) is 0 Å². The third kappa shape index (κ3) is 2.23. The Labute approximate surface area is 188 Å². The number of nitrogens with one attached hydrogen (secondary N) is 1. The fraction of sp³-hybridized carbons (Fsp3) is 0.0968. The van der Waals surface area contributed by atoms with E-state index in [-0.39, 0.29) is 5.41 Å². The van der Waals surface area contributed by atoms with E-state index in [0.717, 1.165) is 11.4 Å². The van der Waals surface area contributed by atoms with Crippen LogP contribution in [0.25, 0.3) is 11.1 Å². The summed E-state index contributed by atoms with van der Waals surface area (Å²) in [6.07, 6.45) is 9.29. The molecule has 0 saturated carbocycles. The summed E-state index contributed by atoms with van der Waals surface area (Å²) in [6.45, 7) is 0. The Morgan fingerprint density at radius 1 is 0.562 bits per heavy atom. The van der Waals surface area contributed by atoms with E-state index in [2.05, 4.69) is 127 Å². The van der Waals surface area contributed by atoms with Gasteiger partial charge < -0.3 is 5.32 Å². The van der Waals surface area contributed by atoms with E-state index >= 15 is 0 Å². The molecule has 4 aromatic carbocycles. The number of fused-ring (bicyclic) bond motifs is 10. The lowest BCUT2D eigenvalue weighted by Crippen LogP contribution is -2.32. The lowest BCUT2D eigenvalue weighted by molar-refractivity contribution is 0.465. The topological polar surface area (TPSA) is 12.0 Å². The van der Waals surface area contributed by atoms with E-state index in [4.69, 9.17) is 0 Å². The van der Waals surface area contributed by atoms with Gasteiger partial charge in [0, 0.05) is 23.2 Å². The second-order valence-electron chi connectivity index (χ2n) is 9.01. The van der Waals surface area contributed by atoms with Gasteiger partial charge in [-0.15, -0.1) is 0 Å². The van der Waals surface area contributed by atoms with Crippen molar-refractivity contribution in [1.82, 2.24) is 0 Å². The Morgan fingerprint density at radius 3 is 1.97 bits per heavy atom. The van der Waals surface area contributed by atoms with Gasteiger partial charge in [-0.3, -0.25) is 0 Å². The quantitative estimate of drug-likeness (QED) is 0.360. The fourth-order valence-corrected chi connectivity index (χ4v) is 6.37. The highest BCUT2D eigenvalue weighted by Gasteiger charge is 2.56. The minimum Gasteiger partial charge on any atom is -0.356 e.